The fourth-order valence-electron chi connectivity index (χ4n) is 2.42. The van der Waals surface area contributed by atoms with E-state index in [1.54, 1.807) is 0 Å². The molecule has 1 aliphatic rings. The predicted octanol–water partition coefficient (Wildman–Crippen LogP) is 2.00. The first-order chi connectivity index (χ1) is 7.36. The molecule has 0 radical (unpaired) electrons. The molecule has 3 nitrogen and oxygen atoms in total. The molecular formula is C12H15N3. The van der Waals surface area contributed by atoms with Gasteiger partial charge in [-0.3, -0.25) is 4.68 Å². The van der Waals surface area contributed by atoms with E-state index in [9.17, 15) is 0 Å². The van der Waals surface area contributed by atoms with Crippen LogP contribution in [0.5, 0.6) is 0 Å². The van der Waals surface area contributed by atoms with Gasteiger partial charge in [0.05, 0.1) is 17.3 Å². The lowest BCUT2D eigenvalue weighted by Crippen LogP contribution is -2.13. The van der Waals surface area contributed by atoms with Crippen LogP contribution in [0, 0.1) is 0 Å². The fraction of sp³-hybridized carbons (Fsp3) is 0.417. The Hall–Kier alpha value is -1.35. The number of para-hydroxylation sites is 1. The molecule has 1 atom stereocenters. The SMILES string of the molecule is Cn1nc(C2CCCN2)c2ccccc21. The van der Waals surface area contributed by atoms with Crippen LogP contribution in [0.4, 0.5) is 0 Å². The Morgan fingerprint density at radius 2 is 2.27 bits per heavy atom. The van der Waals surface area contributed by atoms with Crippen LogP contribution in [0.25, 0.3) is 10.9 Å². The van der Waals surface area contributed by atoms with Crippen molar-refractivity contribution in [2.24, 2.45) is 7.05 Å². The third-order valence-electron chi connectivity index (χ3n) is 3.18. The second kappa shape index (κ2) is 3.35. The third-order valence-corrected chi connectivity index (χ3v) is 3.18. The monoisotopic (exact) mass is 201 g/mol. The van der Waals surface area contributed by atoms with Gasteiger partial charge in [-0.15, -0.1) is 0 Å². The zero-order valence-corrected chi connectivity index (χ0v) is 8.90. The number of aryl methyl sites for hydroxylation is 1. The Labute approximate surface area is 89.1 Å². The van der Waals surface area contributed by atoms with Crippen molar-refractivity contribution < 1.29 is 0 Å². The molecule has 3 heteroatoms. The second-order valence-corrected chi connectivity index (χ2v) is 4.17. The van der Waals surface area contributed by atoms with Gasteiger partial charge in [0, 0.05) is 12.4 Å². The van der Waals surface area contributed by atoms with Gasteiger partial charge in [0.15, 0.2) is 0 Å². The van der Waals surface area contributed by atoms with Crippen molar-refractivity contribution in [1.29, 1.82) is 0 Å². The van der Waals surface area contributed by atoms with E-state index >= 15 is 0 Å². The van der Waals surface area contributed by atoms with Crippen LogP contribution in [-0.4, -0.2) is 16.3 Å². The molecule has 0 amide bonds. The van der Waals surface area contributed by atoms with E-state index in [0.717, 1.165) is 6.54 Å². The molecule has 2 heterocycles. The molecule has 1 saturated heterocycles. The number of fused-ring (bicyclic) bond motifs is 1. The van der Waals surface area contributed by atoms with Crippen LogP contribution in [0.2, 0.25) is 0 Å². The molecule has 1 aromatic carbocycles. The minimum absolute atomic E-state index is 0.455. The highest BCUT2D eigenvalue weighted by Crippen LogP contribution is 2.28. The number of benzene rings is 1. The van der Waals surface area contributed by atoms with Crippen molar-refractivity contribution in [2.75, 3.05) is 6.54 Å². The molecule has 1 N–H and O–H groups in total. The summed E-state index contributed by atoms with van der Waals surface area (Å²) < 4.78 is 1.98. The van der Waals surface area contributed by atoms with Crippen LogP contribution in [-0.2, 0) is 7.05 Å². The highest BCUT2D eigenvalue weighted by molar-refractivity contribution is 5.82. The first kappa shape index (κ1) is 8.92. The first-order valence-corrected chi connectivity index (χ1v) is 5.51. The Balaban J connectivity index is 2.17. The Morgan fingerprint density at radius 1 is 1.40 bits per heavy atom. The standard InChI is InChI=1S/C12H15N3/c1-15-11-7-3-2-5-9(11)12(14-15)10-6-4-8-13-10/h2-3,5,7,10,13H,4,6,8H2,1H3. The smallest absolute Gasteiger partial charge is 0.0872 e. The van der Waals surface area contributed by atoms with E-state index < -0.39 is 0 Å². The normalized spacial score (nSPS) is 21.3. The molecule has 1 fully saturated rings. The number of hydrogen-bond acceptors (Lipinski definition) is 2. The van der Waals surface area contributed by atoms with Crippen LogP contribution in [0.1, 0.15) is 24.6 Å². The quantitative estimate of drug-likeness (QED) is 0.764. The summed E-state index contributed by atoms with van der Waals surface area (Å²) in [5.74, 6) is 0. The van der Waals surface area contributed by atoms with Gasteiger partial charge in [0.25, 0.3) is 0 Å². The topological polar surface area (TPSA) is 29.9 Å². The van der Waals surface area contributed by atoms with E-state index in [0.29, 0.717) is 6.04 Å². The summed E-state index contributed by atoms with van der Waals surface area (Å²) in [6.45, 7) is 1.12. The Kier molecular flexibility index (Phi) is 1.99. The molecule has 0 saturated carbocycles. The molecule has 1 aromatic heterocycles. The first-order valence-electron chi connectivity index (χ1n) is 5.51. The predicted molar refractivity (Wildman–Crippen MR) is 60.7 cm³/mol. The molecule has 3 rings (SSSR count). The van der Waals surface area contributed by atoms with Gasteiger partial charge in [0.1, 0.15) is 0 Å². The van der Waals surface area contributed by atoms with Crippen LogP contribution < -0.4 is 5.32 Å². The van der Waals surface area contributed by atoms with Gasteiger partial charge in [-0.05, 0) is 25.5 Å². The zero-order valence-electron chi connectivity index (χ0n) is 8.90. The number of rotatable bonds is 1. The van der Waals surface area contributed by atoms with Crippen molar-refractivity contribution >= 4 is 10.9 Å². The lowest BCUT2D eigenvalue weighted by atomic mass is 10.1. The second-order valence-electron chi connectivity index (χ2n) is 4.17. The number of aromatic nitrogens is 2. The molecule has 1 aliphatic heterocycles. The fourth-order valence-corrected chi connectivity index (χ4v) is 2.42. The van der Waals surface area contributed by atoms with Gasteiger partial charge in [-0.2, -0.15) is 5.10 Å². The average Bonchev–Trinajstić information content (AvgIpc) is 2.87. The molecule has 0 aliphatic carbocycles. The average molecular weight is 201 g/mol. The van der Waals surface area contributed by atoms with Crippen molar-refractivity contribution in [3.8, 4) is 0 Å². The maximum atomic E-state index is 4.63. The van der Waals surface area contributed by atoms with Gasteiger partial charge in [-0.1, -0.05) is 18.2 Å². The van der Waals surface area contributed by atoms with Crippen molar-refractivity contribution in [1.82, 2.24) is 15.1 Å². The van der Waals surface area contributed by atoms with Crippen LogP contribution >= 0.6 is 0 Å². The molecule has 0 spiro atoms. The Bertz CT molecular complexity index is 481. The third kappa shape index (κ3) is 1.35. The minimum Gasteiger partial charge on any atom is -0.309 e. The van der Waals surface area contributed by atoms with Crippen molar-refractivity contribution in [3.63, 3.8) is 0 Å². The zero-order chi connectivity index (χ0) is 10.3. The number of hydrogen-bond donors (Lipinski definition) is 1. The molecule has 0 bridgehead atoms. The van der Waals surface area contributed by atoms with Crippen molar-refractivity contribution in [3.05, 3.63) is 30.0 Å². The van der Waals surface area contributed by atoms with Crippen LogP contribution in [0.15, 0.2) is 24.3 Å². The largest absolute Gasteiger partial charge is 0.309 e. The van der Waals surface area contributed by atoms with E-state index in [1.165, 1.54) is 29.4 Å². The summed E-state index contributed by atoms with van der Waals surface area (Å²) in [6, 6.07) is 8.90. The summed E-state index contributed by atoms with van der Waals surface area (Å²) >= 11 is 0. The summed E-state index contributed by atoms with van der Waals surface area (Å²) in [4.78, 5) is 0. The molecule has 2 aromatic rings. The molecular weight excluding hydrogens is 186 g/mol. The van der Waals surface area contributed by atoms with E-state index in [2.05, 4.69) is 34.7 Å². The molecule has 15 heavy (non-hydrogen) atoms. The number of nitrogens with one attached hydrogen (secondary N) is 1. The van der Waals surface area contributed by atoms with Crippen LogP contribution in [0.3, 0.4) is 0 Å². The highest BCUT2D eigenvalue weighted by atomic mass is 15.3. The lowest BCUT2D eigenvalue weighted by molar-refractivity contribution is 0.612. The number of nitrogens with zero attached hydrogens (tertiary/aromatic N) is 2. The van der Waals surface area contributed by atoms with Gasteiger partial charge < -0.3 is 5.32 Å². The van der Waals surface area contributed by atoms with Gasteiger partial charge in [-0.25, -0.2) is 0 Å². The van der Waals surface area contributed by atoms with Crippen molar-refractivity contribution in [2.45, 2.75) is 18.9 Å². The minimum atomic E-state index is 0.455. The van der Waals surface area contributed by atoms with Gasteiger partial charge in [0.2, 0.25) is 0 Å². The van der Waals surface area contributed by atoms with E-state index in [1.807, 2.05) is 11.7 Å². The maximum Gasteiger partial charge on any atom is 0.0872 e. The summed E-state index contributed by atoms with van der Waals surface area (Å²) in [5.41, 5.74) is 2.44. The molecule has 78 valence electrons. The summed E-state index contributed by atoms with van der Waals surface area (Å²) in [6.07, 6.45) is 2.47. The Morgan fingerprint density at radius 3 is 3.07 bits per heavy atom. The van der Waals surface area contributed by atoms with E-state index in [-0.39, 0.29) is 0 Å². The molecule has 1 unspecified atom stereocenters. The van der Waals surface area contributed by atoms with E-state index in [4.69, 9.17) is 0 Å². The lowest BCUT2D eigenvalue weighted by Gasteiger charge is -2.06. The summed E-state index contributed by atoms with van der Waals surface area (Å²) in [7, 11) is 2.01. The maximum absolute atomic E-state index is 4.63. The highest BCUT2D eigenvalue weighted by Gasteiger charge is 2.21. The van der Waals surface area contributed by atoms with Gasteiger partial charge >= 0.3 is 0 Å². The summed E-state index contributed by atoms with van der Waals surface area (Å²) in [5, 5.41) is 9.42.